The molecule has 2 aromatic carbocycles. The molecule has 0 aliphatic heterocycles. The van der Waals surface area contributed by atoms with Crippen LogP contribution in [0.2, 0.25) is 0 Å². The van der Waals surface area contributed by atoms with Crippen molar-refractivity contribution in [2.45, 2.75) is 46.5 Å². The van der Waals surface area contributed by atoms with Crippen LogP contribution in [-0.2, 0) is 11.8 Å². The van der Waals surface area contributed by atoms with E-state index in [0.29, 0.717) is 5.92 Å². The van der Waals surface area contributed by atoms with Gasteiger partial charge in [-0.25, -0.2) is 9.97 Å². The van der Waals surface area contributed by atoms with Crippen LogP contribution in [0.4, 0.5) is 0 Å². The Kier molecular flexibility index (Phi) is 5.49. The zero-order chi connectivity index (χ0) is 23.2. The zero-order valence-corrected chi connectivity index (χ0v) is 20.7. The lowest BCUT2D eigenvalue weighted by Crippen LogP contribution is -2.12. The molecule has 0 spiro atoms. The first-order valence-electron chi connectivity index (χ1n) is 11.5. The van der Waals surface area contributed by atoms with Crippen molar-refractivity contribution in [2.24, 2.45) is 5.92 Å². The molecular formula is C29H29N3S. The Bertz CT molecular complexity index is 1460. The molecule has 33 heavy (non-hydrogen) atoms. The summed E-state index contributed by atoms with van der Waals surface area (Å²) in [4.78, 5) is 15.4. The summed E-state index contributed by atoms with van der Waals surface area (Å²) in [5.41, 5.74) is 5.19. The van der Waals surface area contributed by atoms with E-state index in [4.69, 9.17) is 4.98 Å². The third-order valence-electron chi connectivity index (χ3n) is 5.98. The molecule has 166 valence electrons. The number of fused-ring (bicyclic) bond motifs is 2. The monoisotopic (exact) mass is 451 g/mol. The van der Waals surface area contributed by atoms with E-state index in [0.717, 1.165) is 29.1 Å². The molecule has 3 heterocycles. The number of thiophene rings is 1. The van der Waals surface area contributed by atoms with Crippen LogP contribution < -0.4 is 0 Å². The fourth-order valence-electron chi connectivity index (χ4n) is 4.45. The predicted molar refractivity (Wildman–Crippen MR) is 141 cm³/mol. The average molecular weight is 452 g/mol. The van der Waals surface area contributed by atoms with Gasteiger partial charge in [0.15, 0.2) is 0 Å². The van der Waals surface area contributed by atoms with Gasteiger partial charge in [-0.1, -0.05) is 58.9 Å². The van der Waals surface area contributed by atoms with Gasteiger partial charge in [-0.3, -0.25) is 4.98 Å². The van der Waals surface area contributed by atoms with Crippen LogP contribution in [0, 0.1) is 5.92 Å². The van der Waals surface area contributed by atoms with Crippen molar-refractivity contribution in [1.29, 1.82) is 0 Å². The standard InChI is InChI=1S/C29H29N3S/c1-18(2)12-21-15-23-27(33-21)10-11-30-28(23)26-16-25(31-17-32-26)20-13-19-8-6-7-9-22(19)24(14-20)29(3,4)5/h6-11,13-18H,12H2,1-5H3. The van der Waals surface area contributed by atoms with Gasteiger partial charge in [0, 0.05) is 26.7 Å². The molecule has 3 aromatic heterocycles. The molecule has 5 rings (SSSR count). The van der Waals surface area contributed by atoms with Crippen LogP contribution in [0.15, 0.2) is 67.1 Å². The van der Waals surface area contributed by atoms with Gasteiger partial charge in [-0.05, 0) is 64.4 Å². The maximum absolute atomic E-state index is 4.73. The van der Waals surface area contributed by atoms with Crippen LogP contribution in [-0.4, -0.2) is 15.0 Å². The van der Waals surface area contributed by atoms with Crippen molar-refractivity contribution in [3.05, 3.63) is 77.6 Å². The molecule has 0 aliphatic carbocycles. The fourth-order valence-corrected chi connectivity index (χ4v) is 5.72. The van der Waals surface area contributed by atoms with Gasteiger partial charge in [0.05, 0.1) is 17.1 Å². The minimum atomic E-state index is 0.0299. The fraction of sp³-hybridized carbons (Fsp3) is 0.276. The molecule has 4 heteroatoms. The van der Waals surface area contributed by atoms with E-state index in [1.54, 1.807) is 6.33 Å². The summed E-state index contributed by atoms with van der Waals surface area (Å²) in [6, 6.07) is 19.6. The van der Waals surface area contributed by atoms with Gasteiger partial charge in [0.2, 0.25) is 0 Å². The van der Waals surface area contributed by atoms with Gasteiger partial charge in [0.25, 0.3) is 0 Å². The number of rotatable bonds is 4. The molecule has 0 N–H and O–H groups in total. The smallest absolute Gasteiger partial charge is 0.116 e. The first-order valence-corrected chi connectivity index (χ1v) is 12.3. The number of hydrogen-bond acceptors (Lipinski definition) is 4. The second kappa shape index (κ2) is 8.35. The normalized spacial score (nSPS) is 12.2. The van der Waals surface area contributed by atoms with Crippen molar-refractivity contribution in [3.63, 3.8) is 0 Å². The van der Waals surface area contributed by atoms with Crippen molar-refractivity contribution in [2.75, 3.05) is 0 Å². The molecular weight excluding hydrogens is 422 g/mol. The molecule has 0 aliphatic rings. The topological polar surface area (TPSA) is 38.7 Å². The zero-order valence-electron chi connectivity index (χ0n) is 19.9. The van der Waals surface area contributed by atoms with E-state index in [2.05, 4.69) is 99.2 Å². The molecule has 0 radical (unpaired) electrons. The first-order chi connectivity index (χ1) is 15.8. The molecule has 0 fully saturated rings. The highest BCUT2D eigenvalue weighted by Crippen LogP contribution is 2.36. The molecule has 0 amide bonds. The number of aromatic nitrogens is 3. The summed E-state index contributed by atoms with van der Waals surface area (Å²) in [7, 11) is 0. The number of nitrogens with zero attached hydrogens (tertiary/aromatic N) is 3. The molecule has 0 saturated carbocycles. The Morgan fingerprint density at radius 3 is 2.42 bits per heavy atom. The number of benzene rings is 2. The van der Waals surface area contributed by atoms with Gasteiger partial charge in [-0.15, -0.1) is 11.3 Å². The first kappa shape index (κ1) is 21.7. The summed E-state index contributed by atoms with van der Waals surface area (Å²) in [6.45, 7) is 11.3. The Morgan fingerprint density at radius 1 is 0.848 bits per heavy atom. The minimum absolute atomic E-state index is 0.0299. The molecule has 0 bridgehead atoms. The Labute approximate surface area is 199 Å². The lowest BCUT2D eigenvalue weighted by Gasteiger charge is -2.22. The number of hydrogen-bond donors (Lipinski definition) is 0. The molecule has 3 nitrogen and oxygen atoms in total. The second-order valence-electron chi connectivity index (χ2n) is 10.2. The summed E-state index contributed by atoms with van der Waals surface area (Å²) in [6.07, 6.45) is 4.64. The van der Waals surface area contributed by atoms with Crippen molar-refractivity contribution in [3.8, 4) is 22.6 Å². The summed E-state index contributed by atoms with van der Waals surface area (Å²) in [5, 5.41) is 3.71. The SMILES string of the molecule is CC(C)Cc1cc2c(-c3cc(-c4cc(C(C)(C)C)c5ccccc5c4)ncn3)nccc2s1. The Morgan fingerprint density at radius 2 is 1.64 bits per heavy atom. The van der Waals surface area contributed by atoms with E-state index in [9.17, 15) is 0 Å². The third-order valence-corrected chi connectivity index (χ3v) is 7.10. The van der Waals surface area contributed by atoms with Gasteiger partial charge < -0.3 is 0 Å². The van der Waals surface area contributed by atoms with Crippen molar-refractivity contribution in [1.82, 2.24) is 15.0 Å². The van der Waals surface area contributed by atoms with E-state index in [-0.39, 0.29) is 5.41 Å². The lowest BCUT2D eigenvalue weighted by atomic mass is 9.82. The maximum Gasteiger partial charge on any atom is 0.116 e. The quantitative estimate of drug-likeness (QED) is 0.277. The highest BCUT2D eigenvalue weighted by atomic mass is 32.1. The summed E-state index contributed by atoms with van der Waals surface area (Å²) in [5.74, 6) is 0.630. The van der Waals surface area contributed by atoms with Crippen LogP contribution in [0.1, 0.15) is 45.1 Å². The van der Waals surface area contributed by atoms with Crippen LogP contribution in [0.5, 0.6) is 0 Å². The second-order valence-corrected chi connectivity index (χ2v) is 11.3. The van der Waals surface area contributed by atoms with Gasteiger partial charge in [0.1, 0.15) is 6.33 Å². The Balaban J connectivity index is 1.64. The lowest BCUT2D eigenvalue weighted by molar-refractivity contribution is 0.596. The third kappa shape index (κ3) is 4.28. The van der Waals surface area contributed by atoms with E-state index >= 15 is 0 Å². The minimum Gasteiger partial charge on any atom is -0.254 e. The average Bonchev–Trinajstić information content (AvgIpc) is 3.19. The largest absolute Gasteiger partial charge is 0.254 e. The van der Waals surface area contributed by atoms with E-state index in [1.165, 1.54) is 31.3 Å². The van der Waals surface area contributed by atoms with E-state index < -0.39 is 0 Å². The van der Waals surface area contributed by atoms with Gasteiger partial charge >= 0.3 is 0 Å². The van der Waals surface area contributed by atoms with E-state index in [1.807, 2.05) is 17.5 Å². The highest BCUT2D eigenvalue weighted by molar-refractivity contribution is 7.19. The predicted octanol–water partition coefficient (Wildman–Crippen LogP) is 8.07. The van der Waals surface area contributed by atoms with Crippen LogP contribution >= 0.6 is 11.3 Å². The van der Waals surface area contributed by atoms with Crippen LogP contribution in [0.25, 0.3) is 43.5 Å². The summed E-state index contributed by atoms with van der Waals surface area (Å²) < 4.78 is 1.26. The van der Waals surface area contributed by atoms with Crippen molar-refractivity contribution < 1.29 is 0 Å². The molecule has 0 saturated heterocycles. The maximum atomic E-state index is 4.73. The van der Waals surface area contributed by atoms with Crippen molar-refractivity contribution >= 4 is 32.2 Å². The summed E-state index contributed by atoms with van der Waals surface area (Å²) >= 11 is 1.86. The van der Waals surface area contributed by atoms with Gasteiger partial charge in [-0.2, -0.15) is 0 Å². The Hall–Kier alpha value is -3.11. The molecule has 5 aromatic rings. The molecule has 0 atom stereocenters. The highest BCUT2D eigenvalue weighted by Gasteiger charge is 2.19. The molecule has 0 unspecified atom stereocenters. The number of pyridine rings is 1. The van der Waals surface area contributed by atoms with Crippen LogP contribution in [0.3, 0.4) is 0 Å².